The summed E-state index contributed by atoms with van der Waals surface area (Å²) in [5, 5.41) is 19.1. The molecule has 0 bridgehead atoms. The summed E-state index contributed by atoms with van der Waals surface area (Å²) in [6, 6.07) is 11.5. The minimum absolute atomic E-state index is 0.558. The number of nitrogens with zero attached hydrogens (tertiary/aromatic N) is 2. The lowest BCUT2D eigenvalue weighted by Crippen LogP contribution is -2.45. The number of aliphatic carboxylic acids is 2. The highest BCUT2D eigenvalue weighted by molar-refractivity contribution is 5.89. The lowest BCUT2D eigenvalue weighted by molar-refractivity contribution is -0.134. The van der Waals surface area contributed by atoms with Crippen molar-refractivity contribution in [2.24, 2.45) is 0 Å². The van der Waals surface area contributed by atoms with Gasteiger partial charge in [0.1, 0.15) is 0 Å². The van der Waals surface area contributed by atoms with Gasteiger partial charge in [0, 0.05) is 44.4 Å². The first kappa shape index (κ1) is 21.8. The average Bonchev–Trinajstić information content (AvgIpc) is 2.62. The number of benzene rings is 1. The minimum Gasteiger partial charge on any atom is -0.478 e. The molecule has 1 aliphatic rings. The Labute approximate surface area is 154 Å². The van der Waals surface area contributed by atoms with Gasteiger partial charge in [0.15, 0.2) is 0 Å². The number of nitrogens with one attached hydrogen (secondary N) is 1. The van der Waals surface area contributed by atoms with Gasteiger partial charge in [0.2, 0.25) is 0 Å². The molecule has 0 saturated carbocycles. The Hall–Kier alpha value is -2.22. The van der Waals surface area contributed by atoms with Crippen LogP contribution in [0.1, 0.15) is 18.0 Å². The number of carbonyl (C=O) groups is 2. The zero-order chi connectivity index (χ0) is 19.4. The molecule has 2 rings (SSSR count). The summed E-state index contributed by atoms with van der Waals surface area (Å²) in [6.07, 6.45) is 2.32. The predicted octanol–water partition coefficient (Wildman–Crippen LogP) is 1.30. The van der Waals surface area contributed by atoms with Crippen molar-refractivity contribution in [3.63, 3.8) is 0 Å². The van der Waals surface area contributed by atoms with E-state index in [1.165, 1.54) is 12.0 Å². The molecule has 1 fully saturated rings. The standard InChI is InChI=1S/C15H25N3.C4H4O4/c1-17(2)11-8-15(14-6-4-3-5-7-14)18-12-9-16-10-13-18;5-3(6)1-2-4(7)8/h3-7,15-16H,8-13H2,1-2H3;1-2H,(H,5,6)(H,7,8)/b;2-1-. The molecular formula is C19H29N3O4. The van der Waals surface area contributed by atoms with Crippen LogP contribution in [0.3, 0.4) is 0 Å². The molecule has 1 aromatic rings. The Bertz CT molecular complexity index is 553. The molecule has 1 saturated heterocycles. The average molecular weight is 363 g/mol. The second-order valence-electron chi connectivity index (χ2n) is 6.31. The summed E-state index contributed by atoms with van der Waals surface area (Å²) in [7, 11) is 4.31. The Morgan fingerprint density at radius 1 is 1.12 bits per heavy atom. The molecule has 0 radical (unpaired) electrons. The number of carboxylic acid groups (broad SMARTS) is 2. The van der Waals surface area contributed by atoms with Crippen LogP contribution in [0.2, 0.25) is 0 Å². The molecule has 0 aliphatic carbocycles. The highest BCUT2D eigenvalue weighted by atomic mass is 16.4. The molecule has 144 valence electrons. The molecule has 3 N–H and O–H groups in total. The fourth-order valence-electron chi connectivity index (χ4n) is 2.75. The van der Waals surface area contributed by atoms with Crippen LogP contribution in [0, 0.1) is 0 Å². The summed E-state index contributed by atoms with van der Waals surface area (Å²) in [5.41, 5.74) is 1.46. The highest BCUT2D eigenvalue weighted by Gasteiger charge is 2.21. The summed E-state index contributed by atoms with van der Waals surface area (Å²) < 4.78 is 0. The van der Waals surface area contributed by atoms with E-state index in [0.717, 1.165) is 32.7 Å². The van der Waals surface area contributed by atoms with Crippen molar-refractivity contribution >= 4 is 11.9 Å². The van der Waals surface area contributed by atoms with Crippen molar-refractivity contribution in [2.45, 2.75) is 12.5 Å². The maximum atomic E-state index is 9.55. The van der Waals surface area contributed by atoms with E-state index in [2.05, 4.69) is 59.5 Å². The van der Waals surface area contributed by atoms with Gasteiger partial charge >= 0.3 is 11.9 Å². The van der Waals surface area contributed by atoms with Gasteiger partial charge in [-0.1, -0.05) is 30.3 Å². The molecule has 26 heavy (non-hydrogen) atoms. The molecule has 1 aromatic carbocycles. The van der Waals surface area contributed by atoms with Crippen LogP contribution in [0.15, 0.2) is 42.5 Å². The van der Waals surface area contributed by atoms with E-state index in [4.69, 9.17) is 10.2 Å². The van der Waals surface area contributed by atoms with E-state index in [0.29, 0.717) is 18.2 Å². The van der Waals surface area contributed by atoms with E-state index in [1.807, 2.05) is 0 Å². The molecule has 1 unspecified atom stereocenters. The monoisotopic (exact) mass is 363 g/mol. The number of hydrogen-bond acceptors (Lipinski definition) is 5. The van der Waals surface area contributed by atoms with Crippen LogP contribution in [-0.4, -0.2) is 78.8 Å². The third-order valence-corrected chi connectivity index (χ3v) is 3.99. The number of piperazine rings is 1. The third kappa shape index (κ3) is 9.31. The topological polar surface area (TPSA) is 93.1 Å². The van der Waals surface area contributed by atoms with Gasteiger partial charge in [-0.15, -0.1) is 0 Å². The second kappa shape index (κ2) is 12.2. The van der Waals surface area contributed by atoms with E-state index in [1.54, 1.807) is 0 Å². The summed E-state index contributed by atoms with van der Waals surface area (Å²) in [5.74, 6) is -2.51. The molecule has 1 heterocycles. The van der Waals surface area contributed by atoms with E-state index < -0.39 is 11.9 Å². The van der Waals surface area contributed by atoms with E-state index in [-0.39, 0.29) is 0 Å². The van der Waals surface area contributed by atoms with Gasteiger partial charge < -0.3 is 20.4 Å². The van der Waals surface area contributed by atoms with Crippen LogP contribution in [0.4, 0.5) is 0 Å². The van der Waals surface area contributed by atoms with Crippen molar-refractivity contribution in [2.75, 3.05) is 46.8 Å². The van der Waals surface area contributed by atoms with Crippen LogP contribution >= 0.6 is 0 Å². The zero-order valence-corrected chi connectivity index (χ0v) is 15.5. The van der Waals surface area contributed by atoms with Gasteiger partial charge in [-0.05, 0) is 32.6 Å². The molecule has 7 nitrogen and oxygen atoms in total. The molecule has 1 atom stereocenters. The van der Waals surface area contributed by atoms with Gasteiger partial charge in [-0.25, -0.2) is 9.59 Å². The fraction of sp³-hybridized carbons (Fsp3) is 0.474. The van der Waals surface area contributed by atoms with Crippen molar-refractivity contribution in [3.05, 3.63) is 48.0 Å². The number of hydrogen-bond donors (Lipinski definition) is 3. The van der Waals surface area contributed by atoms with Gasteiger partial charge in [-0.3, -0.25) is 4.90 Å². The Morgan fingerprint density at radius 3 is 2.12 bits per heavy atom. The van der Waals surface area contributed by atoms with E-state index in [9.17, 15) is 9.59 Å². The Balaban J connectivity index is 0.000000359. The largest absolute Gasteiger partial charge is 0.478 e. The van der Waals surface area contributed by atoms with Gasteiger partial charge in [0.25, 0.3) is 0 Å². The first-order valence-corrected chi connectivity index (χ1v) is 8.68. The first-order valence-electron chi connectivity index (χ1n) is 8.68. The number of carboxylic acids is 2. The lowest BCUT2D eigenvalue weighted by atomic mass is 10.0. The SMILES string of the molecule is CN(C)CCC(c1ccccc1)N1CCNCC1.O=C(O)/C=C\C(=O)O. The zero-order valence-electron chi connectivity index (χ0n) is 15.5. The van der Waals surface area contributed by atoms with Gasteiger partial charge in [-0.2, -0.15) is 0 Å². The van der Waals surface area contributed by atoms with Crippen LogP contribution in [-0.2, 0) is 9.59 Å². The smallest absolute Gasteiger partial charge is 0.328 e. The number of rotatable bonds is 7. The molecular weight excluding hydrogens is 334 g/mol. The van der Waals surface area contributed by atoms with Crippen molar-refractivity contribution in [3.8, 4) is 0 Å². The van der Waals surface area contributed by atoms with E-state index >= 15 is 0 Å². The molecule has 0 aromatic heterocycles. The summed E-state index contributed by atoms with van der Waals surface area (Å²) in [6.45, 7) is 5.69. The fourth-order valence-corrected chi connectivity index (χ4v) is 2.75. The Morgan fingerprint density at radius 2 is 1.65 bits per heavy atom. The second-order valence-corrected chi connectivity index (χ2v) is 6.31. The minimum atomic E-state index is -1.26. The quantitative estimate of drug-likeness (QED) is 0.629. The lowest BCUT2D eigenvalue weighted by Gasteiger charge is -2.35. The maximum absolute atomic E-state index is 9.55. The molecule has 0 amide bonds. The van der Waals surface area contributed by atoms with Crippen molar-refractivity contribution in [1.82, 2.24) is 15.1 Å². The predicted molar refractivity (Wildman–Crippen MR) is 101 cm³/mol. The maximum Gasteiger partial charge on any atom is 0.328 e. The Kier molecular flexibility index (Phi) is 10.2. The summed E-state index contributed by atoms with van der Waals surface area (Å²) in [4.78, 5) is 24.0. The molecule has 1 aliphatic heterocycles. The van der Waals surface area contributed by atoms with Crippen molar-refractivity contribution in [1.29, 1.82) is 0 Å². The first-order chi connectivity index (χ1) is 12.4. The molecule has 7 heteroatoms. The summed E-state index contributed by atoms with van der Waals surface area (Å²) >= 11 is 0. The highest BCUT2D eigenvalue weighted by Crippen LogP contribution is 2.24. The van der Waals surface area contributed by atoms with Gasteiger partial charge in [0.05, 0.1) is 0 Å². The van der Waals surface area contributed by atoms with Crippen LogP contribution < -0.4 is 5.32 Å². The van der Waals surface area contributed by atoms with Crippen molar-refractivity contribution < 1.29 is 19.8 Å². The third-order valence-electron chi connectivity index (χ3n) is 3.99. The normalized spacial score (nSPS) is 16.1. The van der Waals surface area contributed by atoms with Crippen LogP contribution in [0.5, 0.6) is 0 Å². The molecule has 0 spiro atoms. The van der Waals surface area contributed by atoms with Crippen LogP contribution in [0.25, 0.3) is 0 Å².